The van der Waals surface area contributed by atoms with Crippen LogP contribution in [0.1, 0.15) is 74.6 Å². The number of benzene rings is 1. The van der Waals surface area contributed by atoms with Gasteiger partial charge in [-0.2, -0.15) is 0 Å². The minimum Gasteiger partial charge on any atom is -0.478 e. The number of ether oxygens (including phenoxy) is 2. The van der Waals surface area contributed by atoms with Gasteiger partial charge in [-0.3, -0.25) is 10.6 Å². The van der Waals surface area contributed by atoms with E-state index in [0.29, 0.717) is 0 Å². The number of carbonyl (C=O) groups is 3. The van der Waals surface area contributed by atoms with Gasteiger partial charge in [-0.05, 0) is 69.6 Å². The normalized spacial score (nSPS) is 17.9. The van der Waals surface area contributed by atoms with Crippen molar-refractivity contribution in [2.75, 3.05) is 10.6 Å². The van der Waals surface area contributed by atoms with Gasteiger partial charge >= 0.3 is 18.2 Å². The zero-order chi connectivity index (χ0) is 20.6. The van der Waals surface area contributed by atoms with Gasteiger partial charge in [0.15, 0.2) is 0 Å². The summed E-state index contributed by atoms with van der Waals surface area (Å²) in [4.78, 5) is 35.8. The third kappa shape index (κ3) is 6.66. The van der Waals surface area contributed by atoms with Gasteiger partial charge < -0.3 is 14.6 Å². The quantitative estimate of drug-likeness (QED) is 0.625. The Balaban J connectivity index is 1.62. The van der Waals surface area contributed by atoms with Crippen molar-refractivity contribution in [3.8, 4) is 0 Å². The van der Waals surface area contributed by atoms with Crippen molar-refractivity contribution in [1.82, 2.24) is 0 Å². The van der Waals surface area contributed by atoms with E-state index < -0.39 is 18.2 Å². The van der Waals surface area contributed by atoms with Crippen molar-refractivity contribution in [1.29, 1.82) is 0 Å². The highest BCUT2D eigenvalue weighted by Gasteiger charge is 2.20. The fourth-order valence-corrected chi connectivity index (χ4v) is 3.86. The Hall–Kier alpha value is -2.77. The molecule has 2 aliphatic carbocycles. The number of carboxylic acid groups (broad SMARTS) is 1. The van der Waals surface area contributed by atoms with Gasteiger partial charge in [0.25, 0.3) is 0 Å². The lowest BCUT2D eigenvalue weighted by atomic mass is 9.98. The number of rotatable bonds is 5. The van der Waals surface area contributed by atoms with E-state index in [1.165, 1.54) is 18.2 Å². The molecule has 2 aliphatic rings. The van der Waals surface area contributed by atoms with Crippen LogP contribution >= 0.6 is 0 Å². The van der Waals surface area contributed by atoms with E-state index in [1.54, 1.807) is 0 Å². The van der Waals surface area contributed by atoms with Crippen molar-refractivity contribution in [3.05, 3.63) is 23.8 Å². The molecule has 0 bridgehead atoms. The highest BCUT2D eigenvalue weighted by atomic mass is 16.6. The molecule has 0 unspecified atom stereocenters. The molecule has 1 aromatic rings. The highest BCUT2D eigenvalue weighted by Crippen LogP contribution is 2.24. The molecule has 0 saturated heterocycles. The second-order valence-electron chi connectivity index (χ2n) is 7.68. The maximum Gasteiger partial charge on any atom is 0.411 e. The lowest BCUT2D eigenvalue weighted by Crippen LogP contribution is -2.25. The van der Waals surface area contributed by atoms with Gasteiger partial charge in [-0.25, -0.2) is 14.4 Å². The first-order chi connectivity index (χ1) is 14.0. The summed E-state index contributed by atoms with van der Waals surface area (Å²) in [7, 11) is 0. The summed E-state index contributed by atoms with van der Waals surface area (Å²) in [5.74, 6) is -1.17. The van der Waals surface area contributed by atoms with Gasteiger partial charge in [0.1, 0.15) is 12.2 Å². The summed E-state index contributed by atoms with van der Waals surface area (Å²) in [5.41, 5.74) is 0.408. The zero-order valence-corrected chi connectivity index (χ0v) is 16.4. The van der Waals surface area contributed by atoms with E-state index in [-0.39, 0.29) is 29.1 Å². The molecule has 0 heterocycles. The van der Waals surface area contributed by atoms with Gasteiger partial charge in [0, 0.05) is 11.4 Å². The Labute approximate surface area is 169 Å². The predicted molar refractivity (Wildman–Crippen MR) is 107 cm³/mol. The van der Waals surface area contributed by atoms with E-state index in [4.69, 9.17) is 9.47 Å². The molecule has 158 valence electrons. The van der Waals surface area contributed by atoms with Gasteiger partial charge in [-0.15, -0.1) is 0 Å². The van der Waals surface area contributed by atoms with Crippen molar-refractivity contribution in [3.63, 3.8) is 0 Å². The number of carbonyl (C=O) groups excluding carboxylic acids is 2. The topological polar surface area (TPSA) is 114 Å². The Bertz CT molecular complexity index is 686. The van der Waals surface area contributed by atoms with Crippen LogP contribution in [0.25, 0.3) is 0 Å². The minimum absolute atomic E-state index is 0.0616. The second-order valence-corrected chi connectivity index (χ2v) is 7.68. The molecule has 1 aromatic carbocycles. The number of nitrogens with one attached hydrogen (secondary N) is 2. The maximum atomic E-state index is 12.2. The molecule has 2 amide bonds. The molecule has 8 nitrogen and oxygen atoms in total. The number of carboxylic acids is 1. The van der Waals surface area contributed by atoms with Crippen LogP contribution in [0.2, 0.25) is 0 Å². The second kappa shape index (κ2) is 10.1. The lowest BCUT2D eigenvalue weighted by molar-refractivity contribution is 0.0695. The van der Waals surface area contributed by atoms with Crippen molar-refractivity contribution in [2.45, 2.75) is 76.4 Å². The maximum absolute atomic E-state index is 12.2. The third-order valence-corrected chi connectivity index (χ3v) is 5.32. The smallest absolute Gasteiger partial charge is 0.411 e. The predicted octanol–water partition coefficient (Wildman–Crippen LogP) is 5.15. The first-order valence-electron chi connectivity index (χ1n) is 10.3. The Morgan fingerprint density at radius 1 is 0.724 bits per heavy atom. The fourth-order valence-electron chi connectivity index (χ4n) is 3.86. The van der Waals surface area contributed by atoms with Crippen molar-refractivity contribution >= 4 is 29.5 Å². The number of hydrogen-bond donors (Lipinski definition) is 3. The molecule has 3 rings (SSSR count). The Morgan fingerprint density at radius 3 is 1.52 bits per heavy atom. The van der Waals surface area contributed by atoms with Crippen LogP contribution in [0.15, 0.2) is 18.2 Å². The summed E-state index contributed by atoms with van der Waals surface area (Å²) in [6, 6.07) is 4.13. The molecular weight excluding hydrogens is 376 g/mol. The van der Waals surface area contributed by atoms with Crippen LogP contribution < -0.4 is 10.6 Å². The van der Waals surface area contributed by atoms with E-state index in [0.717, 1.165) is 64.2 Å². The molecule has 0 aliphatic heterocycles. The summed E-state index contributed by atoms with van der Waals surface area (Å²) in [6.45, 7) is 0. The Kier molecular flexibility index (Phi) is 7.32. The van der Waals surface area contributed by atoms with Gasteiger partial charge in [0.05, 0.1) is 5.56 Å². The van der Waals surface area contributed by atoms with Crippen LogP contribution in [-0.2, 0) is 9.47 Å². The summed E-state index contributed by atoms with van der Waals surface area (Å²) in [5, 5.41) is 14.5. The molecule has 0 aromatic heterocycles. The van der Waals surface area contributed by atoms with Gasteiger partial charge in [-0.1, -0.05) is 12.8 Å². The fraction of sp³-hybridized carbons (Fsp3) is 0.571. The first-order valence-corrected chi connectivity index (χ1v) is 10.3. The molecule has 29 heavy (non-hydrogen) atoms. The summed E-state index contributed by atoms with van der Waals surface area (Å²) >= 11 is 0. The van der Waals surface area contributed by atoms with Crippen LogP contribution in [0.4, 0.5) is 21.0 Å². The van der Waals surface area contributed by atoms with E-state index in [1.807, 2.05) is 0 Å². The lowest BCUT2D eigenvalue weighted by Gasteiger charge is -2.22. The number of hydrogen-bond acceptors (Lipinski definition) is 5. The average Bonchev–Trinajstić information content (AvgIpc) is 2.69. The summed E-state index contributed by atoms with van der Waals surface area (Å²) in [6.07, 6.45) is 8.27. The van der Waals surface area contributed by atoms with Crippen LogP contribution in [0.3, 0.4) is 0 Å². The number of anilines is 2. The average molecular weight is 404 g/mol. The molecule has 0 radical (unpaired) electrons. The largest absolute Gasteiger partial charge is 0.478 e. The van der Waals surface area contributed by atoms with E-state index in [2.05, 4.69) is 10.6 Å². The molecule has 2 saturated carbocycles. The van der Waals surface area contributed by atoms with E-state index >= 15 is 0 Å². The monoisotopic (exact) mass is 404 g/mol. The highest BCUT2D eigenvalue weighted by molar-refractivity contribution is 5.95. The van der Waals surface area contributed by atoms with Crippen LogP contribution in [0.5, 0.6) is 0 Å². The Morgan fingerprint density at radius 2 is 1.14 bits per heavy atom. The molecular formula is C21H28N2O6. The van der Waals surface area contributed by atoms with Crippen molar-refractivity contribution < 1.29 is 29.0 Å². The minimum atomic E-state index is -1.17. The molecule has 8 heteroatoms. The van der Waals surface area contributed by atoms with E-state index in [9.17, 15) is 19.5 Å². The first kappa shape index (κ1) is 21.0. The molecule has 0 atom stereocenters. The molecule has 2 fully saturated rings. The number of amides is 2. The molecule has 0 spiro atoms. The molecule has 3 N–H and O–H groups in total. The van der Waals surface area contributed by atoms with Gasteiger partial charge in [0.2, 0.25) is 0 Å². The zero-order valence-electron chi connectivity index (χ0n) is 16.4. The standard InChI is InChI=1S/C21H28N2O6/c24-19(25)14-11-15(22-20(26)28-17-7-3-1-4-8-17)13-16(12-14)23-21(27)29-18-9-5-2-6-10-18/h11-13,17-18H,1-10H2,(H,22,26)(H,23,27)(H,24,25). The summed E-state index contributed by atoms with van der Waals surface area (Å²) < 4.78 is 10.8. The van der Waals surface area contributed by atoms with Crippen molar-refractivity contribution in [2.24, 2.45) is 0 Å². The third-order valence-electron chi connectivity index (χ3n) is 5.32. The SMILES string of the molecule is O=C(Nc1cc(NC(=O)OC2CCCCC2)cc(C(=O)O)c1)OC1CCCCC1. The van der Waals surface area contributed by atoms with Crippen LogP contribution in [-0.4, -0.2) is 35.5 Å². The number of aromatic carboxylic acids is 1. The van der Waals surface area contributed by atoms with Crippen LogP contribution in [0, 0.1) is 0 Å².